The van der Waals surface area contributed by atoms with Gasteiger partial charge in [-0.25, -0.2) is 4.99 Å². The van der Waals surface area contributed by atoms with Gasteiger partial charge in [-0.3, -0.25) is 19.4 Å². The predicted octanol–water partition coefficient (Wildman–Crippen LogP) is 1.10. The minimum Gasteiger partial charge on any atom is -0.497 e. The average molecular weight is 362 g/mol. The summed E-state index contributed by atoms with van der Waals surface area (Å²) in [5.74, 6) is 1.02. The van der Waals surface area contributed by atoms with Crippen LogP contribution >= 0.6 is 0 Å². The number of fused-ring (bicyclic) bond motifs is 1. The Labute approximate surface area is 151 Å². The highest BCUT2D eigenvalue weighted by molar-refractivity contribution is 5.82. The van der Waals surface area contributed by atoms with Gasteiger partial charge < -0.3 is 9.47 Å². The second-order valence-electron chi connectivity index (χ2n) is 5.91. The van der Waals surface area contributed by atoms with E-state index in [1.54, 1.807) is 42.5 Å². The summed E-state index contributed by atoms with van der Waals surface area (Å²) in [5.41, 5.74) is -1.38. The van der Waals surface area contributed by atoms with Crippen LogP contribution in [-0.2, 0) is 0 Å². The van der Waals surface area contributed by atoms with Gasteiger partial charge in [-0.15, -0.1) is 0 Å². The topological polar surface area (TPSA) is 97.8 Å². The maximum Gasteiger partial charge on any atom is 0.263 e. The summed E-state index contributed by atoms with van der Waals surface area (Å²) in [6.07, 6.45) is 0. The molecule has 27 heavy (non-hydrogen) atoms. The van der Waals surface area contributed by atoms with Crippen molar-refractivity contribution < 1.29 is 9.47 Å². The molecule has 1 heterocycles. The van der Waals surface area contributed by atoms with Gasteiger partial charge in [0.2, 0.25) is 0 Å². The van der Waals surface area contributed by atoms with Crippen molar-refractivity contribution in [3.63, 3.8) is 0 Å². The van der Waals surface area contributed by atoms with E-state index in [2.05, 4.69) is 9.98 Å². The number of nitrogens with one attached hydrogen (secondary N) is 1. The van der Waals surface area contributed by atoms with Crippen LogP contribution in [0.4, 0.5) is 5.69 Å². The molecule has 2 aromatic carbocycles. The molecule has 0 unspecified atom stereocenters. The van der Waals surface area contributed by atoms with Crippen molar-refractivity contribution in [1.82, 2.24) is 4.98 Å². The van der Waals surface area contributed by atoms with E-state index in [0.717, 1.165) is 0 Å². The van der Waals surface area contributed by atoms with Crippen molar-refractivity contribution in [3.05, 3.63) is 89.2 Å². The number of hydrogen-bond acceptors (Lipinski definition) is 6. The zero-order chi connectivity index (χ0) is 19.1. The van der Waals surface area contributed by atoms with Gasteiger partial charge in [-0.1, -0.05) is 24.3 Å². The summed E-state index contributed by atoms with van der Waals surface area (Å²) in [6, 6.07) is 11.8. The molecule has 0 fully saturated rings. The number of aromatic nitrogens is 1. The maximum atomic E-state index is 12.7. The van der Waals surface area contributed by atoms with Crippen LogP contribution in [0.5, 0.6) is 11.5 Å². The molecule has 0 amide bonds. The Bertz CT molecular complexity index is 1460. The Balaban J connectivity index is 2.27. The highest BCUT2D eigenvalue weighted by Gasteiger charge is 2.14. The summed E-state index contributed by atoms with van der Waals surface area (Å²) in [7, 11) is 3.03. The zero-order valence-electron chi connectivity index (χ0n) is 14.5. The quantitative estimate of drug-likeness (QED) is 0.588. The van der Waals surface area contributed by atoms with Crippen LogP contribution in [0.3, 0.4) is 0 Å². The maximum absolute atomic E-state index is 12.7. The third-order valence-electron chi connectivity index (χ3n) is 4.44. The second kappa shape index (κ2) is 6.21. The number of hydrogen-bond donors (Lipinski definition) is 1. The van der Waals surface area contributed by atoms with Gasteiger partial charge >= 0.3 is 0 Å². The van der Waals surface area contributed by atoms with Gasteiger partial charge in [0.05, 0.1) is 24.8 Å². The lowest BCUT2D eigenvalue weighted by atomic mass is 10.1. The van der Waals surface area contributed by atoms with Gasteiger partial charge in [-0.05, 0) is 12.1 Å². The third-order valence-corrected chi connectivity index (χ3v) is 4.44. The molecule has 2 aliphatic rings. The monoisotopic (exact) mass is 362 g/mol. The number of aromatic amines is 1. The molecule has 1 aliphatic carbocycles. The first-order valence-corrected chi connectivity index (χ1v) is 8.10. The second-order valence-corrected chi connectivity index (χ2v) is 5.91. The first-order chi connectivity index (χ1) is 13.0. The lowest BCUT2D eigenvalue weighted by molar-refractivity contribution is 0.395. The summed E-state index contributed by atoms with van der Waals surface area (Å²) < 4.78 is 10.5. The number of benzene rings is 2. The van der Waals surface area contributed by atoms with E-state index in [-0.39, 0.29) is 15.8 Å². The normalized spacial score (nSPS) is 12.0. The molecule has 0 aromatic heterocycles. The molecule has 0 atom stereocenters. The average Bonchev–Trinajstić information content (AvgIpc) is 2.99. The standard InChI is InChI=1S/C20H14N2O5/c1-26-10-7-8-13(14(9-10)27-2)21-17-11-5-3-4-6-12(11)18(23)16-15(17)19(24)22-20(16)25/h3-9H,1-2H3,(H,22,24,25)/b21-17+. The number of methoxy groups -OCH3 is 2. The highest BCUT2D eigenvalue weighted by Crippen LogP contribution is 2.31. The van der Waals surface area contributed by atoms with Crippen LogP contribution in [-0.4, -0.2) is 19.2 Å². The van der Waals surface area contributed by atoms with Gasteiger partial charge in [0, 0.05) is 16.8 Å². The van der Waals surface area contributed by atoms with Gasteiger partial charge in [0.25, 0.3) is 11.1 Å². The minimum atomic E-state index is -0.705. The van der Waals surface area contributed by atoms with Gasteiger partial charge in [0.1, 0.15) is 22.4 Å². The molecular formula is C20H14N2O5. The molecule has 0 spiro atoms. The molecular weight excluding hydrogens is 348 g/mol. The first kappa shape index (κ1) is 16.7. The molecule has 1 N–H and O–H groups in total. The van der Waals surface area contributed by atoms with E-state index in [0.29, 0.717) is 28.0 Å². The molecule has 7 nitrogen and oxygen atoms in total. The number of nitrogens with zero attached hydrogens (tertiary/aromatic N) is 1. The number of H-pyrrole nitrogens is 1. The molecule has 0 bridgehead atoms. The Morgan fingerprint density at radius 2 is 1.56 bits per heavy atom. The van der Waals surface area contributed by atoms with Gasteiger partial charge in [-0.2, -0.15) is 0 Å². The highest BCUT2D eigenvalue weighted by atomic mass is 16.5. The minimum absolute atomic E-state index is 0.0124. The summed E-state index contributed by atoms with van der Waals surface area (Å²) >= 11 is 0. The largest absolute Gasteiger partial charge is 0.497 e. The fourth-order valence-electron chi connectivity index (χ4n) is 3.17. The van der Waals surface area contributed by atoms with Crippen LogP contribution in [0.2, 0.25) is 0 Å². The number of ether oxygens (including phenoxy) is 2. The van der Waals surface area contributed by atoms with Crippen molar-refractivity contribution in [2.75, 3.05) is 14.2 Å². The first-order valence-electron chi connectivity index (χ1n) is 8.10. The van der Waals surface area contributed by atoms with Crippen molar-refractivity contribution in [2.24, 2.45) is 4.99 Å². The van der Waals surface area contributed by atoms with E-state index in [4.69, 9.17) is 9.47 Å². The van der Waals surface area contributed by atoms with Crippen LogP contribution < -0.4 is 31.4 Å². The Morgan fingerprint density at radius 3 is 2.26 bits per heavy atom. The van der Waals surface area contributed by atoms with Crippen LogP contribution in [0.15, 0.2) is 61.8 Å². The fraction of sp³-hybridized carbons (Fsp3) is 0.100. The van der Waals surface area contributed by atoms with E-state index < -0.39 is 16.5 Å². The fourth-order valence-corrected chi connectivity index (χ4v) is 3.17. The molecule has 1 aliphatic heterocycles. The van der Waals surface area contributed by atoms with Crippen LogP contribution in [0.25, 0.3) is 10.8 Å². The van der Waals surface area contributed by atoms with Crippen molar-refractivity contribution in [3.8, 4) is 11.5 Å². The van der Waals surface area contributed by atoms with Crippen molar-refractivity contribution in [2.45, 2.75) is 0 Å². The van der Waals surface area contributed by atoms with Crippen molar-refractivity contribution >= 4 is 16.5 Å². The van der Waals surface area contributed by atoms with Crippen LogP contribution in [0.1, 0.15) is 0 Å². The SMILES string of the molecule is COc1ccc(/N=c2/c3c(=O)[nH]c(=O)c=3c(=O)c3ccccc23)c(OC)c1. The molecule has 7 heteroatoms. The third kappa shape index (κ3) is 2.52. The Hall–Kier alpha value is -3.74. The molecule has 134 valence electrons. The van der Waals surface area contributed by atoms with E-state index >= 15 is 0 Å². The summed E-state index contributed by atoms with van der Waals surface area (Å²) in [4.78, 5) is 43.9. The smallest absolute Gasteiger partial charge is 0.263 e. The molecule has 0 saturated carbocycles. The lowest BCUT2D eigenvalue weighted by Gasteiger charge is -2.07. The lowest BCUT2D eigenvalue weighted by Crippen LogP contribution is -2.21. The van der Waals surface area contributed by atoms with E-state index in [1.807, 2.05) is 0 Å². The summed E-state index contributed by atoms with van der Waals surface area (Å²) in [5, 5.41) is 0.884. The predicted molar refractivity (Wildman–Crippen MR) is 99.5 cm³/mol. The zero-order valence-corrected chi connectivity index (χ0v) is 14.5. The van der Waals surface area contributed by atoms with E-state index in [1.165, 1.54) is 14.2 Å². The van der Waals surface area contributed by atoms with E-state index in [9.17, 15) is 14.4 Å². The molecule has 0 radical (unpaired) electrons. The van der Waals surface area contributed by atoms with Crippen molar-refractivity contribution in [1.29, 1.82) is 0 Å². The van der Waals surface area contributed by atoms with Crippen LogP contribution in [0, 0.1) is 10.4 Å². The number of rotatable bonds is 3. The summed E-state index contributed by atoms with van der Waals surface area (Å²) in [6.45, 7) is 0. The molecule has 4 rings (SSSR count). The molecule has 2 aromatic rings. The molecule has 0 saturated heterocycles. The van der Waals surface area contributed by atoms with Gasteiger partial charge in [0.15, 0.2) is 5.43 Å². The Morgan fingerprint density at radius 1 is 0.852 bits per heavy atom. The Kier molecular flexibility index (Phi) is 3.84.